The topological polar surface area (TPSA) is 74.9 Å². The zero-order valence-electron chi connectivity index (χ0n) is 15.7. The lowest BCUT2D eigenvalue weighted by molar-refractivity contribution is -0.130. The Kier molecular flexibility index (Phi) is 6.01. The number of hydrogen-bond donors (Lipinski definition) is 1. The lowest BCUT2D eigenvalue weighted by atomic mass is 10.1. The van der Waals surface area contributed by atoms with Crippen molar-refractivity contribution in [1.82, 2.24) is 14.8 Å². The number of rotatable bonds is 5. The van der Waals surface area contributed by atoms with Crippen LogP contribution in [0.1, 0.15) is 22.3 Å². The molecule has 1 N–H and O–H groups in total. The first-order valence-corrected chi connectivity index (χ1v) is 9.03. The number of H-pyrrole nitrogens is 1. The van der Waals surface area contributed by atoms with Crippen LogP contribution in [0.4, 0.5) is 0 Å². The highest BCUT2D eigenvalue weighted by Gasteiger charge is 2.23. The number of amides is 2. The van der Waals surface area contributed by atoms with Crippen LogP contribution in [-0.2, 0) is 11.2 Å². The minimum Gasteiger partial charge on any atom is -0.497 e. The number of benzene rings is 1. The van der Waals surface area contributed by atoms with E-state index in [2.05, 4.69) is 4.98 Å². The SMILES string of the molecule is COc1ccc(OC)c(CC(=O)N2CCCN(C(=O)c3cc[nH]c3)CC2)c1. The lowest BCUT2D eigenvalue weighted by Crippen LogP contribution is -2.37. The highest BCUT2D eigenvalue weighted by atomic mass is 16.5. The lowest BCUT2D eigenvalue weighted by Gasteiger charge is -2.22. The van der Waals surface area contributed by atoms with Gasteiger partial charge in [-0.1, -0.05) is 0 Å². The van der Waals surface area contributed by atoms with Gasteiger partial charge in [0.25, 0.3) is 5.91 Å². The molecule has 144 valence electrons. The predicted molar refractivity (Wildman–Crippen MR) is 101 cm³/mol. The average molecular weight is 371 g/mol. The van der Waals surface area contributed by atoms with Crippen LogP contribution in [0.25, 0.3) is 0 Å². The van der Waals surface area contributed by atoms with Gasteiger partial charge in [-0.15, -0.1) is 0 Å². The molecule has 0 bridgehead atoms. The molecule has 1 aliphatic heterocycles. The number of carbonyl (C=O) groups excluding carboxylic acids is 2. The molecule has 0 radical (unpaired) electrons. The summed E-state index contributed by atoms with van der Waals surface area (Å²) in [4.78, 5) is 31.9. The molecule has 3 rings (SSSR count). The van der Waals surface area contributed by atoms with Crippen LogP contribution in [0.5, 0.6) is 11.5 Å². The summed E-state index contributed by atoms with van der Waals surface area (Å²) in [7, 11) is 3.19. The van der Waals surface area contributed by atoms with E-state index in [1.54, 1.807) is 38.7 Å². The van der Waals surface area contributed by atoms with E-state index in [1.165, 1.54) is 0 Å². The molecular weight excluding hydrogens is 346 g/mol. The quantitative estimate of drug-likeness (QED) is 0.872. The zero-order chi connectivity index (χ0) is 19.2. The fraction of sp³-hybridized carbons (Fsp3) is 0.400. The Labute approximate surface area is 158 Å². The molecule has 7 nitrogen and oxygen atoms in total. The fourth-order valence-corrected chi connectivity index (χ4v) is 3.30. The summed E-state index contributed by atoms with van der Waals surface area (Å²) in [6.45, 7) is 2.35. The van der Waals surface area contributed by atoms with Gasteiger partial charge in [0.1, 0.15) is 11.5 Å². The molecule has 1 aromatic heterocycles. The average Bonchev–Trinajstić information content (AvgIpc) is 3.11. The van der Waals surface area contributed by atoms with Crippen molar-refractivity contribution < 1.29 is 19.1 Å². The van der Waals surface area contributed by atoms with Gasteiger partial charge in [-0.3, -0.25) is 9.59 Å². The van der Waals surface area contributed by atoms with E-state index in [4.69, 9.17) is 9.47 Å². The minimum atomic E-state index is 0.0000129. The van der Waals surface area contributed by atoms with Gasteiger partial charge in [0.2, 0.25) is 5.91 Å². The summed E-state index contributed by atoms with van der Waals surface area (Å²) >= 11 is 0. The molecule has 2 amide bonds. The Hall–Kier alpha value is -2.96. The first kappa shape index (κ1) is 18.8. The van der Waals surface area contributed by atoms with Crippen molar-refractivity contribution in [1.29, 1.82) is 0 Å². The fourth-order valence-electron chi connectivity index (χ4n) is 3.30. The number of nitrogens with zero attached hydrogens (tertiary/aromatic N) is 2. The summed E-state index contributed by atoms with van der Waals surface area (Å²) in [5.41, 5.74) is 1.45. The van der Waals surface area contributed by atoms with E-state index in [0.717, 1.165) is 12.0 Å². The number of ether oxygens (including phenoxy) is 2. The minimum absolute atomic E-state index is 0.0000129. The van der Waals surface area contributed by atoms with Crippen molar-refractivity contribution in [3.8, 4) is 11.5 Å². The monoisotopic (exact) mass is 371 g/mol. The van der Waals surface area contributed by atoms with Gasteiger partial charge >= 0.3 is 0 Å². The van der Waals surface area contributed by atoms with E-state index in [1.807, 2.05) is 21.9 Å². The third kappa shape index (κ3) is 4.42. The number of hydrogen-bond acceptors (Lipinski definition) is 4. The largest absolute Gasteiger partial charge is 0.497 e. The maximum absolute atomic E-state index is 12.8. The molecule has 7 heteroatoms. The van der Waals surface area contributed by atoms with Crippen molar-refractivity contribution in [3.63, 3.8) is 0 Å². The maximum Gasteiger partial charge on any atom is 0.255 e. The maximum atomic E-state index is 12.8. The number of aromatic nitrogens is 1. The molecule has 2 aromatic rings. The summed E-state index contributed by atoms with van der Waals surface area (Å²) < 4.78 is 10.6. The number of methoxy groups -OCH3 is 2. The highest BCUT2D eigenvalue weighted by molar-refractivity contribution is 5.94. The van der Waals surface area contributed by atoms with E-state index >= 15 is 0 Å². The third-order valence-corrected chi connectivity index (χ3v) is 4.81. The molecule has 1 fully saturated rings. The van der Waals surface area contributed by atoms with Gasteiger partial charge in [0.05, 0.1) is 26.2 Å². The first-order valence-electron chi connectivity index (χ1n) is 9.03. The second-order valence-corrected chi connectivity index (χ2v) is 6.48. The second-order valence-electron chi connectivity index (χ2n) is 6.48. The van der Waals surface area contributed by atoms with Crippen LogP contribution in [0.3, 0.4) is 0 Å². The van der Waals surface area contributed by atoms with Gasteiger partial charge in [0, 0.05) is 44.1 Å². The summed E-state index contributed by atoms with van der Waals surface area (Å²) in [5, 5.41) is 0. The van der Waals surface area contributed by atoms with E-state index in [-0.39, 0.29) is 18.2 Å². The molecule has 0 atom stereocenters. The van der Waals surface area contributed by atoms with Crippen LogP contribution < -0.4 is 9.47 Å². The Morgan fingerprint density at radius 1 is 1.04 bits per heavy atom. The van der Waals surface area contributed by atoms with Crippen LogP contribution in [-0.4, -0.2) is 67.0 Å². The van der Waals surface area contributed by atoms with Crippen LogP contribution in [0.2, 0.25) is 0 Å². The molecule has 0 saturated carbocycles. The summed E-state index contributed by atoms with van der Waals surface area (Å²) in [6.07, 6.45) is 4.44. The predicted octanol–water partition coefficient (Wildman–Crippen LogP) is 1.95. The van der Waals surface area contributed by atoms with Crippen LogP contribution >= 0.6 is 0 Å². The van der Waals surface area contributed by atoms with Crippen LogP contribution in [0.15, 0.2) is 36.7 Å². The van der Waals surface area contributed by atoms with E-state index < -0.39 is 0 Å². The van der Waals surface area contributed by atoms with Crippen molar-refractivity contribution in [3.05, 3.63) is 47.8 Å². The first-order chi connectivity index (χ1) is 13.1. The van der Waals surface area contributed by atoms with Crippen molar-refractivity contribution in [2.75, 3.05) is 40.4 Å². The van der Waals surface area contributed by atoms with Gasteiger partial charge in [-0.05, 0) is 30.7 Å². The van der Waals surface area contributed by atoms with E-state index in [0.29, 0.717) is 43.2 Å². The summed E-state index contributed by atoms with van der Waals surface area (Å²) in [5.74, 6) is 1.39. The standard InChI is InChI=1S/C20H25N3O4/c1-26-17-4-5-18(27-2)16(12-17)13-19(24)22-8-3-9-23(11-10-22)20(25)15-6-7-21-14-15/h4-7,12,14,21H,3,8-11,13H2,1-2H3. The smallest absolute Gasteiger partial charge is 0.255 e. The molecular formula is C20H25N3O4. The molecule has 0 aliphatic carbocycles. The van der Waals surface area contributed by atoms with Gasteiger partial charge in [0.15, 0.2) is 0 Å². The van der Waals surface area contributed by atoms with Crippen molar-refractivity contribution in [2.45, 2.75) is 12.8 Å². The molecule has 27 heavy (non-hydrogen) atoms. The van der Waals surface area contributed by atoms with Crippen molar-refractivity contribution >= 4 is 11.8 Å². The highest BCUT2D eigenvalue weighted by Crippen LogP contribution is 2.25. The van der Waals surface area contributed by atoms with Crippen LogP contribution in [0, 0.1) is 0 Å². The Balaban J connectivity index is 1.64. The molecule has 1 aromatic carbocycles. The number of carbonyl (C=O) groups is 2. The molecule has 0 spiro atoms. The van der Waals surface area contributed by atoms with Gasteiger partial charge in [-0.2, -0.15) is 0 Å². The van der Waals surface area contributed by atoms with Gasteiger partial charge < -0.3 is 24.3 Å². The van der Waals surface area contributed by atoms with Gasteiger partial charge in [-0.25, -0.2) is 0 Å². The molecule has 1 aliphatic rings. The molecule has 1 saturated heterocycles. The number of nitrogens with one attached hydrogen (secondary N) is 1. The zero-order valence-corrected chi connectivity index (χ0v) is 15.7. The normalized spacial score (nSPS) is 14.6. The molecule has 2 heterocycles. The third-order valence-electron chi connectivity index (χ3n) is 4.81. The molecule has 0 unspecified atom stereocenters. The summed E-state index contributed by atoms with van der Waals surface area (Å²) in [6, 6.07) is 7.21. The Morgan fingerprint density at radius 3 is 2.52 bits per heavy atom. The second kappa shape index (κ2) is 8.62. The Bertz CT molecular complexity index is 789. The van der Waals surface area contributed by atoms with Crippen molar-refractivity contribution in [2.24, 2.45) is 0 Å². The Morgan fingerprint density at radius 2 is 1.81 bits per heavy atom. The number of aromatic amines is 1. The van der Waals surface area contributed by atoms with E-state index in [9.17, 15) is 9.59 Å².